The number of benzene rings is 1. The van der Waals surface area contributed by atoms with Crippen molar-refractivity contribution in [2.75, 3.05) is 5.32 Å². The molecule has 9 nitrogen and oxygen atoms in total. The average molecular weight is 413 g/mol. The van der Waals surface area contributed by atoms with E-state index in [-0.39, 0.29) is 12.4 Å². The SMILES string of the molecule is Cn1nnnc1-c1c(OCc2cccc(NC(=O)C(C)(F)F)n2)[nH]c2ccccc12. The Morgan fingerprint density at radius 3 is 2.77 bits per heavy atom. The van der Waals surface area contributed by atoms with Crippen molar-refractivity contribution in [1.29, 1.82) is 0 Å². The third-order valence-corrected chi connectivity index (χ3v) is 4.33. The van der Waals surface area contributed by atoms with E-state index in [4.69, 9.17) is 4.74 Å². The standard InChI is InChI=1S/C19H17F2N7O2/c1-19(20,21)18(29)24-14-9-5-6-11(22-14)10-30-17-15(16-25-26-27-28(16)2)12-7-3-4-8-13(12)23-17/h3-9,23H,10H2,1-2H3,(H,22,24,29). The van der Waals surface area contributed by atoms with Crippen LogP contribution in [0.15, 0.2) is 42.5 Å². The number of para-hydroxylation sites is 1. The topological polar surface area (TPSA) is 111 Å². The molecule has 0 saturated heterocycles. The second-order valence-electron chi connectivity index (χ2n) is 6.65. The number of carbonyl (C=O) groups is 1. The highest BCUT2D eigenvalue weighted by Crippen LogP contribution is 2.36. The van der Waals surface area contributed by atoms with E-state index in [0.29, 0.717) is 29.9 Å². The number of anilines is 1. The summed E-state index contributed by atoms with van der Waals surface area (Å²) in [5.74, 6) is -3.97. The van der Waals surface area contributed by atoms with Crippen LogP contribution in [0, 0.1) is 0 Å². The lowest BCUT2D eigenvalue weighted by molar-refractivity contribution is -0.137. The predicted molar refractivity (Wildman–Crippen MR) is 104 cm³/mol. The van der Waals surface area contributed by atoms with Gasteiger partial charge in [0.05, 0.1) is 11.3 Å². The number of carbonyl (C=O) groups excluding carboxylic acids is 1. The van der Waals surface area contributed by atoms with E-state index in [9.17, 15) is 13.6 Å². The summed E-state index contributed by atoms with van der Waals surface area (Å²) < 4.78 is 33.7. The molecule has 30 heavy (non-hydrogen) atoms. The lowest BCUT2D eigenvalue weighted by atomic mass is 10.1. The Labute approximate surface area is 169 Å². The number of hydrogen-bond donors (Lipinski definition) is 2. The molecule has 3 aromatic heterocycles. The highest BCUT2D eigenvalue weighted by molar-refractivity contribution is 5.97. The number of nitrogens with one attached hydrogen (secondary N) is 2. The average Bonchev–Trinajstić information content (AvgIpc) is 3.28. The Hall–Kier alpha value is -3.89. The minimum Gasteiger partial charge on any atom is -0.472 e. The van der Waals surface area contributed by atoms with Gasteiger partial charge in [0.25, 0.3) is 5.91 Å². The molecule has 0 unspecified atom stereocenters. The Morgan fingerprint density at radius 2 is 2.03 bits per heavy atom. The maximum absolute atomic E-state index is 13.1. The van der Waals surface area contributed by atoms with Gasteiger partial charge < -0.3 is 15.0 Å². The van der Waals surface area contributed by atoms with Crippen molar-refractivity contribution in [3.05, 3.63) is 48.2 Å². The summed E-state index contributed by atoms with van der Waals surface area (Å²) in [6.07, 6.45) is 0. The summed E-state index contributed by atoms with van der Waals surface area (Å²) in [5.41, 5.74) is 1.96. The molecule has 0 bridgehead atoms. The van der Waals surface area contributed by atoms with Crippen molar-refractivity contribution in [2.24, 2.45) is 7.05 Å². The molecule has 4 aromatic rings. The molecule has 0 spiro atoms. The number of alkyl halides is 2. The molecular formula is C19H17F2N7O2. The molecule has 4 rings (SSSR count). The molecule has 0 atom stereocenters. The molecule has 0 radical (unpaired) electrons. The first kappa shape index (κ1) is 19.4. The number of rotatable bonds is 6. The normalized spacial score (nSPS) is 11.6. The Bertz CT molecular complexity index is 1210. The monoisotopic (exact) mass is 413 g/mol. The van der Waals surface area contributed by atoms with E-state index >= 15 is 0 Å². The number of hydrogen-bond acceptors (Lipinski definition) is 6. The number of H-pyrrole nitrogens is 1. The van der Waals surface area contributed by atoms with Gasteiger partial charge in [0, 0.05) is 24.9 Å². The quantitative estimate of drug-likeness (QED) is 0.503. The fourth-order valence-corrected chi connectivity index (χ4v) is 2.89. The molecule has 0 aliphatic heterocycles. The second-order valence-corrected chi connectivity index (χ2v) is 6.65. The smallest absolute Gasteiger partial charge is 0.322 e. The van der Waals surface area contributed by atoms with Crippen molar-refractivity contribution >= 4 is 22.6 Å². The lowest BCUT2D eigenvalue weighted by Crippen LogP contribution is -2.31. The molecular weight excluding hydrogens is 396 g/mol. The van der Waals surface area contributed by atoms with E-state index in [1.165, 1.54) is 10.7 Å². The van der Waals surface area contributed by atoms with Gasteiger partial charge in [-0.25, -0.2) is 9.67 Å². The van der Waals surface area contributed by atoms with Crippen LogP contribution in [0.2, 0.25) is 0 Å². The van der Waals surface area contributed by atoms with Crippen LogP contribution < -0.4 is 10.1 Å². The maximum Gasteiger partial charge on any atom is 0.322 e. The van der Waals surface area contributed by atoms with Gasteiger partial charge >= 0.3 is 5.92 Å². The Morgan fingerprint density at radius 1 is 1.23 bits per heavy atom. The number of aryl methyl sites for hydroxylation is 1. The molecule has 0 saturated carbocycles. The Kier molecular flexibility index (Phi) is 4.86. The van der Waals surface area contributed by atoms with Crippen molar-refractivity contribution in [1.82, 2.24) is 30.2 Å². The summed E-state index contributed by atoms with van der Waals surface area (Å²) in [5, 5.41) is 14.6. The first-order valence-electron chi connectivity index (χ1n) is 8.94. The highest BCUT2D eigenvalue weighted by Gasteiger charge is 2.32. The van der Waals surface area contributed by atoms with Crippen LogP contribution in [0.5, 0.6) is 5.88 Å². The van der Waals surface area contributed by atoms with Crippen LogP contribution in [0.1, 0.15) is 12.6 Å². The van der Waals surface area contributed by atoms with Crippen LogP contribution in [-0.4, -0.2) is 42.0 Å². The molecule has 0 aliphatic carbocycles. The number of tetrazole rings is 1. The number of halogens is 2. The molecule has 11 heteroatoms. The molecule has 154 valence electrons. The zero-order chi connectivity index (χ0) is 21.3. The molecule has 0 fully saturated rings. The van der Waals surface area contributed by atoms with Crippen molar-refractivity contribution < 1.29 is 18.3 Å². The zero-order valence-electron chi connectivity index (χ0n) is 16.1. The number of aromatic nitrogens is 6. The minimum atomic E-state index is -3.50. The zero-order valence-corrected chi connectivity index (χ0v) is 16.1. The van der Waals surface area contributed by atoms with Crippen LogP contribution in [0.3, 0.4) is 0 Å². The molecule has 3 heterocycles. The van der Waals surface area contributed by atoms with Gasteiger partial charge in [-0.05, 0) is 28.6 Å². The van der Waals surface area contributed by atoms with Crippen LogP contribution >= 0.6 is 0 Å². The third-order valence-electron chi connectivity index (χ3n) is 4.33. The second kappa shape index (κ2) is 7.50. The first-order valence-corrected chi connectivity index (χ1v) is 8.94. The third kappa shape index (κ3) is 3.81. The predicted octanol–water partition coefficient (Wildman–Crippen LogP) is 2.93. The van der Waals surface area contributed by atoms with Crippen LogP contribution in [0.25, 0.3) is 22.3 Å². The molecule has 2 N–H and O–H groups in total. The van der Waals surface area contributed by atoms with Gasteiger partial charge in [-0.15, -0.1) is 5.10 Å². The fourth-order valence-electron chi connectivity index (χ4n) is 2.89. The molecule has 0 aliphatic rings. The minimum absolute atomic E-state index is 0.0111. The number of nitrogens with zero attached hydrogens (tertiary/aromatic N) is 5. The summed E-state index contributed by atoms with van der Waals surface area (Å²) in [6, 6.07) is 12.3. The fraction of sp³-hybridized carbons (Fsp3) is 0.211. The maximum atomic E-state index is 13.1. The van der Waals surface area contributed by atoms with Gasteiger partial charge in [0.1, 0.15) is 12.4 Å². The first-order chi connectivity index (χ1) is 14.3. The molecule has 1 amide bonds. The van der Waals surface area contributed by atoms with E-state index in [2.05, 4.69) is 30.8 Å². The largest absolute Gasteiger partial charge is 0.472 e. The van der Waals surface area contributed by atoms with Gasteiger partial charge in [-0.2, -0.15) is 8.78 Å². The van der Waals surface area contributed by atoms with E-state index in [1.807, 2.05) is 24.3 Å². The number of ether oxygens (including phenoxy) is 1. The van der Waals surface area contributed by atoms with Crippen molar-refractivity contribution in [2.45, 2.75) is 19.5 Å². The van der Waals surface area contributed by atoms with E-state index in [0.717, 1.165) is 10.9 Å². The summed E-state index contributed by atoms with van der Waals surface area (Å²) in [4.78, 5) is 18.8. The molecule has 1 aromatic carbocycles. The number of fused-ring (bicyclic) bond motifs is 1. The van der Waals surface area contributed by atoms with Gasteiger partial charge in [-0.1, -0.05) is 24.3 Å². The van der Waals surface area contributed by atoms with E-state index < -0.39 is 11.8 Å². The lowest BCUT2D eigenvalue weighted by Gasteiger charge is -2.11. The van der Waals surface area contributed by atoms with Crippen LogP contribution in [0.4, 0.5) is 14.6 Å². The number of amides is 1. The number of pyridine rings is 1. The van der Waals surface area contributed by atoms with Gasteiger partial charge in [0.15, 0.2) is 5.82 Å². The highest BCUT2D eigenvalue weighted by atomic mass is 19.3. The van der Waals surface area contributed by atoms with Crippen molar-refractivity contribution in [3.63, 3.8) is 0 Å². The van der Waals surface area contributed by atoms with Gasteiger partial charge in [0.2, 0.25) is 5.88 Å². The van der Waals surface area contributed by atoms with Gasteiger partial charge in [-0.3, -0.25) is 4.79 Å². The number of aromatic amines is 1. The summed E-state index contributed by atoms with van der Waals surface area (Å²) in [6.45, 7) is 0.547. The van der Waals surface area contributed by atoms with Crippen molar-refractivity contribution in [3.8, 4) is 17.3 Å². The summed E-state index contributed by atoms with van der Waals surface area (Å²) >= 11 is 0. The van der Waals surface area contributed by atoms with E-state index in [1.54, 1.807) is 19.2 Å². The Balaban J connectivity index is 1.60. The van der Waals surface area contributed by atoms with Crippen LogP contribution in [-0.2, 0) is 18.4 Å². The summed E-state index contributed by atoms with van der Waals surface area (Å²) in [7, 11) is 1.72.